The average Bonchev–Trinajstić information content (AvgIpc) is 3.34. The lowest BCUT2D eigenvalue weighted by atomic mass is 9.88. The van der Waals surface area contributed by atoms with Gasteiger partial charge >= 0.3 is 0 Å². The van der Waals surface area contributed by atoms with Crippen molar-refractivity contribution in [2.24, 2.45) is 10.9 Å². The predicted molar refractivity (Wildman–Crippen MR) is 103 cm³/mol. The highest BCUT2D eigenvalue weighted by atomic mass is 16.2. The van der Waals surface area contributed by atoms with Gasteiger partial charge in [0.1, 0.15) is 0 Å². The van der Waals surface area contributed by atoms with Gasteiger partial charge in [0.15, 0.2) is 5.96 Å². The predicted octanol–water partition coefficient (Wildman–Crippen LogP) is 1.62. The van der Waals surface area contributed by atoms with Gasteiger partial charge in [0, 0.05) is 44.0 Å². The van der Waals surface area contributed by atoms with Crippen LogP contribution in [0.2, 0.25) is 0 Å². The number of hydrogen-bond acceptors (Lipinski definition) is 3. The molecule has 2 N–H and O–H groups in total. The third kappa shape index (κ3) is 5.22. The Morgan fingerprint density at radius 1 is 1.27 bits per heavy atom. The Labute approximate surface area is 156 Å². The van der Waals surface area contributed by atoms with Gasteiger partial charge < -0.3 is 15.5 Å². The third-order valence-electron chi connectivity index (χ3n) is 5.30. The van der Waals surface area contributed by atoms with E-state index in [0.717, 1.165) is 51.4 Å². The number of amides is 1. The molecular formula is C19H32N6O. The van der Waals surface area contributed by atoms with Gasteiger partial charge in [-0.05, 0) is 32.3 Å². The van der Waals surface area contributed by atoms with E-state index in [1.807, 2.05) is 16.9 Å². The zero-order valence-corrected chi connectivity index (χ0v) is 15.9. The number of aliphatic imine (C=N–C) groups is 1. The summed E-state index contributed by atoms with van der Waals surface area (Å²) in [7, 11) is 0. The Hall–Kier alpha value is -2.05. The molecule has 2 aliphatic rings. The van der Waals surface area contributed by atoms with Gasteiger partial charge in [-0.15, -0.1) is 0 Å². The van der Waals surface area contributed by atoms with Crippen LogP contribution in [-0.2, 0) is 11.3 Å². The van der Waals surface area contributed by atoms with Crippen LogP contribution >= 0.6 is 0 Å². The normalized spacial score (nSPS) is 21.8. The van der Waals surface area contributed by atoms with Crippen LogP contribution in [0.15, 0.2) is 23.5 Å². The summed E-state index contributed by atoms with van der Waals surface area (Å²) in [6.45, 7) is 5.98. The van der Waals surface area contributed by atoms with Crippen molar-refractivity contribution < 1.29 is 4.79 Å². The van der Waals surface area contributed by atoms with Gasteiger partial charge in [-0.2, -0.15) is 5.10 Å². The summed E-state index contributed by atoms with van der Waals surface area (Å²) in [5.74, 6) is 1.46. The fourth-order valence-electron chi connectivity index (χ4n) is 3.90. The first-order valence-corrected chi connectivity index (χ1v) is 10.1. The molecule has 26 heavy (non-hydrogen) atoms. The lowest BCUT2D eigenvalue weighted by Crippen LogP contribution is -2.45. The maximum atomic E-state index is 12.7. The SMILES string of the molecule is CCNC(=NCCn1cccn1)NC1CCN(C(=O)C2CCCCC2)C1. The van der Waals surface area contributed by atoms with E-state index in [1.54, 1.807) is 6.20 Å². The summed E-state index contributed by atoms with van der Waals surface area (Å²) >= 11 is 0. The number of nitrogens with zero attached hydrogens (tertiary/aromatic N) is 4. The Morgan fingerprint density at radius 3 is 2.85 bits per heavy atom. The Balaban J connectivity index is 1.47. The summed E-state index contributed by atoms with van der Waals surface area (Å²) in [5, 5.41) is 11.0. The minimum absolute atomic E-state index is 0.262. The fraction of sp³-hybridized carbons (Fsp3) is 0.737. The van der Waals surface area contributed by atoms with Gasteiger partial charge in [0.2, 0.25) is 5.91 Å². The summed E-state index contributed by atoms with van der Waals surface area (Å²) in [5.41, 5.74) is 0. The number of hydrogen-bond donors (Lipinski definition) is 2. The van der Waals surface area contributed by atoms with Crippen molar-refractivity contribution in [3.63, 3.8) is 0 Å². The van der Waals surface area contributed by atoms with Crippen LogP contribution in [0.25, 0.3) is 0 Å². The molecule has 1 aliphatic carbocycles. The first kappa shape index (κ1) is 18.7. The van der Waals surface area contributed by atoms with Crippen molar-refractivity contribution in [1.82, 2.24) is 25.3 Å². The van der Waals surface area contributed by atoms with Crippen LogP contribution in [0.4, 0.5) is 0 Å². The molecule has 1 aliphatic heterocycles. The van der Waals surface area contributed by atoms with E-state index in [1.165, 1.54) is 19.3 Å². The first-order chi connectivity index (χ1) is 12.8. The highest BCUT2D eigenvalue weighted by Crippen LogP contribution is 2.26. The molecule has 0 aromatic carbocycles. The molecule has 1 atom stereocenters. The number of aromatic nitrogens is 2. The zero-order chi connectivity index (χ0) is 18.2. The van der Waals surface area contributed by atoms with E-state index in [9.17, 15) is 4.79 Å². The number of carbonyl (C=O) groups is 1. The maximum absolute atomic E-state index is 12.7. The van der Waals surface area contributed by atoms with Crippen LogP contribution in [0.5, 0.6) is 0 Å². The maximum Gasteiger partial charge on any atom is 0.225 e. The molecule has 3 rings (SSSR count). The molecule has 7 nitrogen and oxygen atoms in total. The van der Waals surface area contributed by atoms with Crippen molar-refractivity contribution in [2.45, 2.75) is 58.0 Å². The number of likely N-dealkylation sites (tertiary alicyclic amines) is 1. The van der Waals surface area contributed by atoms with E-state index >= 15 is 0 Å². The Bertz CT molecular complexity index is 579. The highest BCUT2D eigenvalue weighted by molar-refractivity contribution is 5.81. The number of carbonyl (C=O) groups excluding carboxylic acids is 1. The van der Waals surface area contributed by atoms with Crippen molar-refractivity contribution in [2.75, 3.05) is 26.2 Å². The van der Waals surface area contributed by atoms with Crippen LogP contribution in [0.3, 0.4) is 0 Å². The molecule has 1 saturated heterocycles. The van der Waals surface area contributed by atoms with E-state index in [4.69, 9.17) is 0 Å². The quantitative estimate of drug-likeness (QED) is 0.597. The number of nitrogens with one attached hydrogen (secondary N) is 2. The van der Waals surface area contributed by atoms with Crippen molar-refractivity contribution >= 4 is 11.9 Å². The molecule has 2 heterocycles. The molecule has 1 amide bonds. The average molecular weight is 361 g/mol. The molecule has 144 valence electrons. The summed E-state index contributed by atoms with van der Waals surface area (Å²) < 4.78 is 1.88. The van der Waals surface area contributed by atoms with Crippen molar-refractivity contribution in [1.29, 1.82) is 0 Å². The van der Waals surface area contributed by atoms with Gasteiger partial charge in [-0.1, -0.05) is 19.3 Å². The highest BCUT2D eigenvalue weighted by Gasteiger charge is 2.31. The molecule has 1 unspecified atom stereocenters. The lowest BCUT2D eigenvalue weighted by molar-refractivity contribution is -0.135. The lowest BCUT2D eigenvalue weighted by Gasteiger charge is -2.26. The number of guanidine groups is 1. The molecule has 1 saturated carbocycles. The van der Waals surface area contributed by atoms with Crippen LogP contribution in [0.1, 0.15) is 45.4 Å². The van der Waals surface area contributed by atoms with Crippen molar-refractivity contribution in [3.05, 3.63) is 18.5 Å². The summed E-state index contributed by atoms with van der Waals surface area (Å²) in [6, 6.07) is 2.20. The van der Waals surface area contributed by atoms with E-state index in [-0.39, 0.29) is 12.0 Å². The largest absolute Gasteiger partial charge is 0.357 e. The minimum Gasteiger partial charge on any atom is -0.357 e. The van der Waals surface area contributed by atoms with Crippen molar-refractivity contribution in [3.8, 4) is 0 Å². The van der Waals surface area contributed by atoms with Crippen LogP contribution in [-0.4, -0.2) is 58.8 Å². The summed E-state index contributed by atoms with van der Waals surface area (Å²) in [4.78, 5) is 19.4. The topological polar surface area (TPSA) is 74.6 Å². The van der Waals surface area contributed by atoms with Crippen LogP contribution < -0.4 is 10.6 Å². The monoisotopic (exact) mass is 360 g/mol. The van der Waals surface area contributed by atoms with E-state index in [2.05, 4.69) is 32.5 Å². The molecule has 1 aromatic rings. The minimum atomic E-state index is 0.262. The molecule has 1 aromatic heterocycles. The standard InChI is InChI=1S/C19H32N6O/c1-2-20-19(21-11-14-25-12-6-10-22-25)23-17-9-13-24(15-17)18(26)16-7-4-3-5-8-16/h6,10,12,16-17H,2-5,7-9,11,13-15H2,1H3,(H2,20,21,23). The Morgan fingerprint density at radius 2 is 2.12 bits per heavy atom. The second-order valence-corrected chi connectivity index (χ2v) is 7.28. The second kappa shape index (κ2) is 9.59. The summed E-state index contributed by atoms with van der Waals surface area (Å²) in [6.07, 6.45) is 10.6. The van der Waals surface area contributed by atoms with Gasteiger partial charge in [-0.3, -0.25) is 14.5 Å². The number of rotatable bonds is 6. The van der Waals surface area contributed by atoms with E-state index < -0.39 is 0 Å². The van der Waals surface area contributed by atoms with Gasteiger partial charge in [0.25, 0.3) is 0 Å². The second-order valence-electron chi connectivity index (χ2n) is 7.28. The van der Waals surface area contributed by atoms with Crippen LogP contribution in [0, 0.1) is 5.92 Å². The zero-order valence-electron chi connectivity index (χ0n) is 15.9. The third-order valence-corrected chi connectivity index (χ3v) is 5.30. The first-order valence-electron chi connectivity index (χ1n) is 10.1. The van der Waals surface area contributed by atoms with Gasteiger partial charge in [-0.25, -0.2) is 0 Å². The smallest absolute Gasteiger partial charge is 0.225 e. The molecular weight excluding hydrogens is 328 g/mol. The Kier molecular flexibility index (Phi) is 6.91. The van der Waals surface area contributed by atoms with Gasteiger partial charge in [0.05, 0.1) is 13.1 Å². The molecule has 0 bridgehead atoms. The molecule has 0 radical (unpaired) electrons. The molecule has 7 heteroatoms. The molecule has 0 spiro atoms. The molecule has 2 fully saturated rings. The fourth-order valence-corrected chi connectivity index (χ4v) is 3.90. The van der Waals surface area contributed by atoms with E-state index in [0.29, 0.717) is 12.5 Å².